The summed E-state index contributed by atoms with van der Waals surface area (Å²) in [4.78, 5) is 14.6. The molecule has 1 atom stereocenters. The average Bonchev–Trinajstić information content (AvgIpc) is 2.87. The maximum absolute atomic E-state index is 12.6. The van der Waals surface area contributed by atoms with Crippen LogP contribution in [0.15, 0.2) is 18.2 Å². The van der Waals surface area contributed by atoms with Crippen LogP contribution < -0.4 is 0 Å². The Bertz CT molecular complexity index is 461. The Morgan fingerprint density at radius 3 is 3.00 bits per heavy atom. The van der Waals surface area contributed by atoms with Gasteiger partial charge in [-0.2, -0.15) is 0 Å². The van der Waals surface area contributed by atoms with Crippen LogP contribution in [0.1, 0.15) is 41.6 Å². The molecular weight excluding hydrogens is 281 g/mol. The van der Waals surface area contributed by atoms with E-state index in [1.165, 1.54) is 0 Å². The first kappa shape index (κ1) is 14.7. The van der Waals surface area contributed by atoms with E-state index in [1.54, 1.807) is 0 Å². The number of carbonyl (C=O) groups is 1. The number of amides is 1. The zero-order valence-corrected chi connectivity index (χ0v) is 12.7. The molecule has 0 radical (unpaired) electrons. The Kier molecular flexibility index (Phi) is 5.12. The van der Waals surface area contributed by atoms with E-state index in [0.717, 1.165) is 43.4 Å². The van der Waals surface area contributed by atoms with Crippen LogP contribution in [-0.4, -0.2) is 29.3 Å². The maximum atomic E-state index is 12.6. The van der Waals surface area contributed by atoms with Gasteiger partial charge >= 0.3 is 0 Å². The van der Waals surface area contributed by atoms with Crippen molar-refractivity contribution >= 4 is 29.1 Å². The van der Waals surface area contributed by atoms with Crippen molar-refractivity contribution in [2.75, 3.05) is 12.4 Å². The van der Waals surface area contributed by atoms with Gasteiger partial charge in [-0.25, -0.2) is 0 Å². The number of carbonyl (C=O) groups excluding carboxylic acids is 1. The monoisotopic (exact) mass is 299 g/mol. The zero-order chi connectivity index (χ0) is 13.8. The lowest BCUT2D eigenvalue weighted by atomic mass is 10.1. The van der Waals surface area contributed by atoms with E-state index < -0.39 is 0 Å². The second-order valence-corrected chi connectivity index (χ2v) is 5.82. The van der Waals surface area contributed by atoms with Crippen LogP contribution in [0.25, 0.3) is 0 Å². The topological polar surface area (TPSA) is 20.3 Å². The van der Waals surface area contributed by atoms with E-state index in [9.17, 15) is 4.79 Å². The molecule has 4 heteroatoms. The molecule has 0 bridgehead atoms. The van der Waals surface area contributed by atoms with Crippen LogP contribution in [-0.2, 0) is 0 Å². The van der Waals surface area contributed by atoms with Gasteiger partial charge in [0.25, 0.3) is 5.91 Å². The Morgan fingerprint density at radius 2 is 2.26 bits per heavy atom. The van der Waals surface area contributed by atoms with E-state index in [4.69, 9.17) is 23.2 Å². The summed E-state index contributed by atoms with van der Waals surface area (Å²) < 4.78 is 0. The van der Waals surface area contributed by atoms with Crippen molar-refractivity contribution in [3.05, 3.63) is 34.3 Å². The molecular formula is C15H19Cl2NO. The molecule has 2 nitrogen and oxygen atoms in total. The molecule has 1 aromatic rings. The van der Waals surface area contributed by atoms with Crippen molar-refractivity contribution in [3.8, 4) is 0 Å². The number of benzene rings is 1. The second-order valence-electron chi connectivity index (χ2n) is 5.04. The summed E-state index contributed by atoms with van der Waals surface area (Å²) >= 11 is 11.8. The number of rotatable bonds is 4. The largest absolute Gasteiger partial charge is 0.336 e. The fraction of sp³-hybridized carbons (Fsp3) is 0.533. The summed E-state index contributed by atoms with van der Waals surface area (Å²) in [5.74, 6) is 0.770. The van der Waals surface area contributed by atoms with Gasteiger partial charge in [-0.3, -0.25) is 4.79 Å². The minimum atomic E-state index is 0.108. The lowest BCUT2D eigenvalue weighted by molar-refractivity contribution is 0.0729. The molecule has 1 aromatic carbocycles. The van der Waals surface area contributed by atoms with Crippen molar-refractivity contribution in [3.63, 3.8) is 0 Å². The summed E-state index contributed by atoms with van der Waals surface area (Å²) in [5.41, 5.74) is 1.60. The molecule has 1 amide bonds. The van der Waals surface area contributed by atoms with Crippen molar-refractivity contribution in [2.24, 2.45) is 0 Å². The highest BCUT2D eigenvalue weighted by atomic mass is 35.5. The first-order chi connectivity index (χ1) is 9.15. The Hall–Kier alpha value is -0.730. The van der Waals surface area contributed by atoms with Crippen LogP contribution in [0.4, 0.5) is 0 Å². The highest BCUT2D eigenvalue weighted by Crippen LogP contribution is 2.26. The summed E-state index contributed by atoms with van der Waals surface area (Å²) in [6.07, 6.45) is 4.12. The van der Waals surface area contributed by atoms with Crippen LogP contribution in [0.5, 0.6) is 0 Å². The fourth-order valence-corrected chi connectivity index (χ4v) is 3.04. The summed E-state index contributed by atoms with van der Waals surface area (Å²) in [6, 6.07) is 5.86. The molecule has 1 saturated heterocycles. The third-order valence-corrected chi connectivity index (χ3v) is 4.48. The molecule has 1 unspecified atom stereocenters. The van der Waals surface area contributed by atoms with Gasteiger partial charge in [0.05, 0.1) is 0 Å². The minimum absolute atomic E-state index is 0.108. The van der Waals surface area contributed by atoms with Crippen LogP contribution in [0.2, 0.25) is 5.02 Å². The van der Waals surface area contributed by atoms with Gasteiger partial charge in [-0.1, -0.05) is 17.7 Å². The van der Waals surface area contributed by atoms with Gasteiger partial charge in [-0.15, -0.1) is 11.6 Å². The lowest BCUT2D eigenvalue weighted by Gasteiger charge is -2.25. The number of nitrogens with zero attached hydrogens (tertiary/aromatic N) is 1. The number of hydrogen-bond donors (Lipinski definition) is 0. The number of alkyl halides is 1. The van der Waals surface area contributed by atoms with E-state index in [-0.39, 0.29) is 5.91 Å². The Morgan fingerprint density at radius 1 is 1.47 bits per heavy atom. The summed E-state index contributed by atoms with van der Waals surface area (Å²) in [7, 11) is 0. The summed E-state index contributed by atoms with van der Waals surface area (Å²) in [6.45, 7) is 2.75. The fourth-order valence-electron chi connectivity index (χ4n) is 2.71. The second kappa shape index (κ2) is 6.62. The van der Waals surface area contributed by atoms with Crippen molar-refractivity contribution in [1.29, 1.82) is 0 Å². The van der Waals surface area contributed by atoms with E-state index in [0.29, 0.717) is 16.9 Å². The molecule has 19 heavy (non-hydrogen) atoms. The molecule has 0 spiro atoms. The van der Waals surface area contributed by atoms with Gasteiger partial charge in [0, 0.05) is 29.1 Å². The highest BCUT2D eigenvalue weighted by molar-refractivity contribution is 6.31. The van der Waals surface area contributed by atoms with Gasteiger partial charge in [0.1, 0.15) is 0 Å². The zero-order valence-electron chi connectivity index (χ0n) is 11.2. The molecule has 0 aromatic heterocycles. The van der Waals surface area contributed by atoms with Gasteiger partial charge in [0.15, 0.2) is 0 Å². The van der Waals surface area contributed by atoms with E-state index >= 15 is 0 Å². The predicted octanol–water partition coefficient (Wildman–Crippen LogP) is 4.27. The smallest absolute Gasteiger partial charge is 0.254 e. The molecule has 104 valence electrons. The van der Waals surface area contributed by atoms with Gasteiger partial charge < -0.3 is 4.90 Å². The molecule has 0 saturated carbocycles. The number of likely N-dealkylation sites (tertiary alicyclic amines) is 1. The molecule has 1 fully saturated rings. The molecule has 2 rings (SSSR count). The Labute approximate surface area is 124 Å². The normalized spacial score (nSPS) is 18.9. The van der Waals surface area contributed by atoms with Gasteiger partial charge in [0.2, 0.25) is 0 Å². The highest BCUT2D eigenvalue weighted by Gasteiger charge is 2.29. The third-order valence-electron chi connectivity index (χ3n) is 3.81. The standard InChI is InChI=1S/C15H19Cl2NO/c1-11-13(7-2-8-14(11)17)15(19)18-10-4-6-12(18)5-3-9-16/h2,7-8,12H,3-6,9-10H2,1H3. The van der Waals surface area contributed by atoms with Crippen molar-refractivity contribution in [2.45, 2.75) is 38.6 Å². The van der Waals surface area contributed by atoms with Crippen LogP contribution in [0.3, 0.4) is 0 Å². The first-order valence-corrected chi connectivity index (χ1v) is 7.68. The minimum Gasteiger partial charge on any atom is -0.336 e. The molecule has 1 aliphatic heterocycles. The molecule has 1 aliphatic rings. The number of hydrogen-bond acceptors (Lipinski definition) is 1. The van der Waals surface area contributed by atoms with Gasteiger partial charge in [-0.05, 0) is 50.3 Å². The van der Waals surface area contributed by atoms with Crippen LogP contribution in [0, 0.1) is 6.92 Å². The molecule has 1 heterocycles. The lowest BCUT2D eigenvalue weighted by Crippen LogP contribution is -2.36. The first-order valence-electron chi connectivity index (χ1n) is 6.77. The quantitative estimate of drug-likeness (QED) is 0.760. The third kappa shape index (κ3) is 3.24. The molecule has 0 N–H and O–H groups in total. The molecule has 0 aliphatic carbocycles. The van der Waals surface area contributed by atoms with E-state index in [1.807, 2.05) is 30.0 Å². The SMILES string of the molecule is Cc1c(Cl)cccc1C(=O)N1CCCC1CCCCl. The summed E-state index contributed by atoms with van der Waals surface area (Å²) in [5, 5.41) is 0.655. The van der Waals surface area contributed by atoms with Crippen LogP contribution >= 0.6 is 23.2 Å². The van der Waals surface area contributed by atoms with E-state index in [2.05, 4.69) is 0 Å². The number of halogens is 2. The maximum Gasteiger partial charge on any atom is 0.254 e. The van der Waals surface area contributed by atoms with Crippen molar-refractivity contribution in [1.82, 2.24) is 4.90 Å². The predicted molar refractivity (Wildman–Crippen MR) is 80.2 cm³/mol. The Balaban J connectivity index is 2.16. The van der Waals surface area contributed by atoms with Crippen molar-refractivity contribution < 1.29 is 4.79 Å². The average molecular weight is 300 g/mol.